The van der Waals surface area contributed by atoms with Gasteiger partial charge in [-0.2, -0.15) is 0 Å². The molecule has 8 heteroatoms. The Bertz CT molecular complexity index is 1360. The first-order chi connectivity index (χ1) is 17.2. The fourth-order valence-corrected chi connectivity index (χ4v) is 6.62. The average molecular weight is 572 g/mol. The molecule has 0 saturated carbocycles. The summed E-state index contributed by atoms with van der Waals surface area (Å²) in [4.78, 5) is 13.2. The molecule has 0 saturated heterocycles. The van der Waals surface area contributed by atoms with Crippen LogP contribution < -0.4 is 14.4 Å². The van der Waals surface area contributed by atoms with Crippen LogP contribution in [0.2, 0.25) is 0 Å². The monoisotopic (exact) mass is 570 g/mol. The molecule has 4 rings (SSSR count). The molecule has 1 amide bonds. The van der Waals surface area contributed by atoms with Gasteiger partial charge in [0.05, 0.1) is 28.2 Å². The van der Waals surface area contributed by atoms with Gasteiger partial charge in [-0.05, 0) is 102 Å². The predicted octanol–water partition coefficient (Wildman–Crippen LogP) is 5.72. The summed E-state index contributed by atoms with van der Waals surface area (Å²) in [5.74, 6) is 0.143. The standard InChI is InChI=1S/C28H31BrN2O4S/c1-19-8-12-24(13-9-19)31(36(33,34)25-14-15-27(35-3)26(29)17-25)18-28(32)30-20(2)22-11-10-21-6-4-5-7-23(21)16-22/h8-17,20H,4-7,18H2,1-3H3,(H,30,32)/t20-/m0/s1. The van der Waals surface area contributed by atoms with Crippen LogP contribution in [0.4, 0.5) is 5.69 Å². The molecule has 1 aliphatic rings. The lowest BCUT2D eigenvalue weighted by Gasteiger charge is -2.26. The average Bonchev–Trinajstić information content (AvgIpc) is 2.87. The summed E-state index contributed by atoms with van der Waals surface area (Å²) in [5.41, 5.74) is 5.16. The number of nitrogens with one attached hydrogen (secondary N) is 1. The second-order valence-corrected chi connectivity index (χ2v) is 11.9. The number of carbonyl (C=O) groups excluding carboxylic acids is 1. The minimum Gasteiger partial charge on any atom is -0.496 e. The molecule has 0 aromatic heterocycles. The summed E-state index contributed by atoms with van der Waals surface area (Å²) in [6.45, 7) is 3.51. The highest BCUT2D eigenvalue weighted by Crippen LogP contribution is 2.31. The van der Waals surface area contributed by atoms with E-state index < -0.39 is 10.0 Å². The molecule has 0 heterocycles. The van der Waals surface area contributed by atoms with E-state index in [1.165, 1.54) is 43.2 Å². The topological polar surface area (TPSA) is 75.7 Å². The molecular weight excluding hydrogens is 540 g/mol. The van der Waals surface area contributed by atoms with Crippen LogP contribution >= 0.6 is 15.9 Å². The van der Waals surface area contributed by atoms with Gasteiger partial charge in [-0.3, -0.25) is 9.10 Å². The van der Waals surface area contributed by atoms with Crippen molar-refractivity contribution in [2.45, 2.75) is 50.5 Å². The molecular formula is C28H31BrN2O4S. The maximum Gasteiger partial charge on any atom is 0.264 e. The summed E-state index contributed by atoms with van der Waals surface area (Å²) in [5, 5.41) is 2.99. The van der Waals surface area contributed by atoms with E-state index in [-0.39, 0.29) is 23.4 Å². The van der Waals surface area contributed by atoms with Gasteiger partial charge < -0.3 is 10.1 Å². The molecule has 190 valence electrons. The lowest BCUT2D eigenvalue weighted by molar-refractivity contribution is -0.120. The Morgan fingerprint density at radius 1 is 1.03 bits per heavy atom. The quantitative estimate of drug-likeness (QED) is 0.376. The van der Waals surface area contributed by atoms with Gasteiger partial charge in [0, 0.05) is 0 Å². The number of fused-ring (bicyclic) bond motifs is 1. The van der Waals surface area contributed by atoms with E-state index in [0.29, 0.717) is 15.9 Å². The molecule has 1 atom stereocenters. The third-order valence-corrected chi connectivity index (χ3v) is 8.96. The number of halogens is 1. The maximum absolute atomic E-state index is 13.7. The van der Waals surface area contributed by atoms with Gasteiger partial charge in [0.25, 0.3) is 10.0 Å². The van der Waals surface area contributed by atoms with Crippen molar-refractivity contribution in [3.05, 3.63) is 87.4 Å². The Morgan fingerprint density at radius 2 is 1.72 bits per heavy atom. The maximum atomic E-state index is 13.7. The number of hydrogen-bond acceptors (Lipinski definition) is 4. The lowest BCUT2D eigenvalue weighted by Crippen LogP contribution is -2.41. The molecule has 3 aromatic rings. The van der Waals surface area contributed by atoms with Crippen LogP contribution in [0.1, 0.15) is 48.1 Å². The number of benzene rings is 3. The Morgan fingerprint density at radius 3 is 2.39 bits per heavy atom. The van der Waals surface area contributed by atoms with Crippen LogP contribution in [-0.2, 0) is 27.7 Å². The second-order valence-electron chi connectivity index (χ2n) is 9.17. The Labute approximate surface area is 221 Å². The summed E-state index contributed by atoms with van der Waals surface area (Å²) >= 11 is 3.36. The van der Waals surface area contributed by atoms with E-state index in [1.807, 2.05) is 26.0 Å². The number of anilines is 1. The molecule has 0 radical (unpaired) electrons. The van der Waals surface area contributed by atoms with E-state index in [2.05, 4.69) is 39.4 Å². The predicted molar refractivity (Wildman–Crippen MR) is 146 cm³/mol. The number of hydrogen-bond donors (Lipinski definition) is 1. The van der Waals surface area contributed by atoms with Crippen molar-refractivity contribution in [1.82, 2.24) is 5.32 Å². The molecule has 1 aliphatic carbocycles. The van der Waals surface area contributed by atoms with E-state index in [9.17, 15) is 13.2 Å². The number of amides is 1. The molecule has 36 heavy (non-hydrogen) atoms. The van der Waals surface area contributed by atoms with Crippen LogP contribution in [0, 0.1) is 6.92 Å². The summed E-state index contributed by atoms with van der Waals surface area (Å²) in [6, 6.07) is 17.8. The van der Waals surface area contributed by atoms with Crippen molar-refractivity contribution in [3.63, 3.8) is 0 Å². The van der Waals surface area contributed by atoms with Crippen LogP contribution in [0.3, 0.4) is 0 Å². The highest BCUT2D eigenvalue weighted by atomic mass is 79.9. The van der Waals surface area contributed by atoms with Crippen LogP contribution in [0.25, 0.3) is 0 Å². The minimum atomic E-state index is -4.04. The van der Waals surface area contributed by atoms with E-state index >= 15 is 0 Å². The highest BCUT2D eigenvalue weighted by Gasteiger charge is 2.28. The van der Waals surface area contributed by atoms with Crippen molar-refractivity contribution in [3.8, 4) is 5.75 Å². The SMILES string of the molecule is COc1ccc(S(=O)(=O)N(CC(=O)N[C@@H](C)c2ccc3c(c2)CCCC3)c2ccc(C)cc2)cc1Br. The van der Waals surface area contributed by atoms with Gasteiger partial charge in [-0.25, -0.2) is 8.42 Å². The van der Waals surface area contributed by atoms with E-state index in [0.717, 1.165) is 28.3 Å². The van der Waals surface area contributed by atoms with Crippen LogP contribution in [-0.4, -0.2) is 28.0 Å². The summed E-state index contributed by atoms with van der Waals surface area (Å²) in [6.07, 6.45) is 4.55. The second kappa shape index (κ2) is 11.0. The summed E-state index contributed by atoms with van der Waals surface area (Å²) in [7, 11) is -2.52. The van der Waals surface area contributed by atoms with Crippen molar-refractivity contribution < 1.29 is 17.9 Å². The number of aryl methyl sites for hydroxylation is 3. The normalized spacial score (nSPS) is 14.0. The highest BCUT2D eigenvalue weighted by molar-refractivity contribution is 9.10. The number of methoxy groups -OCH3 is 1. The fraction of sp³-hybridized carbons (Fsp3) is 0.321. The van der Waals surface area contributed by atoms with Gasteiger partial charge in [0.2, 0.25) is 5.91 Å². The lowest BCUT2D eigenvalue weighted by atomic mass is 9.89. The largest absolute Gasteiger partial charge is 0.496 e. The van der Waals surface area contributed by atoms with Crippen molar-refractivity contribution in [2.75, 3.05) is 18.0 Å². The van der Waals surface area contributed by atoms with Crippen molar-refractivity contribution in [2.24, 2.45) is 0 Å². The number of nitrogens with zero attached hydrogens (tertiary/aromatic N) is 1. The molecule has 0 bridgehead atoms. The molecule has 0 fully saturated rings. The molecule has 0 aliphatic heterocycles. The van der Waals surface area contributed by atoms with Crippen LogP contribution in [0.5, 0.6) is 5.75 Å². The van der Waals surface area contributed by atoms with Gasteiger partial charge in [0.1, 0.15) is 12.3 Å². The van der Waals surface area contributed by atoms with Gasteiger partial charge in [-0.15, -0.1) is 0 Å². The third kappa shape index (κ3) is 5.76. The number of ether oxygens (including phenoxy) is 1. The zero-order chi connectivity index (χ0) is 25.9. The molecule has 3 aromatic carbocycles. The fourth-order valence-electron chi connectivity index (χ4n) is 4.48. The molecule has 0 unspecified atom stereocenters. The van der Waals surface area contributed by atoms with Crippen LogP contribution in [0.15, 0.2) is 70.0 Å². The number of sulfonamides is 1. The summed E-state index contributed by atoms with van der Waals surface area (Å²) < 4.78 is 34.3. The van der Waals surface area contributed by atoms with Gasteiger partial charge in [-0.1, -0.05) is 35.9 Å². The first kappa shape index (κ1) is 26.2. The number of carbonyl (C=O) groups is 1. The first-order valence-electron chi connectivity index (χ1n) is 12.0. The van der Waals surface area contributed by atoms with Gasteiger partial charge >= 0.3 is 0 Å². The van der Waals surface area contributed by atoms with Crippen molar-refractivity contribution in [1.29, 1.82) is 0 Å². The zero-order valence-corrected chi connectivity index (χ0v) is 23.2. The Balaban J connectivity index is 1.59. The number of rotatable bonds is 8. The minimum absolute atomic E-state index is 0.0614. The van der Waals surface area contributed by atoms with E-state index in [1.54, 1.807) is 18.2 Å². The van der Waals surface area contributed by atoms with Gasteiger partial charge in [0.15, 0.2) is 0 Å². The smallest absolute Gasteiger partial charge is 0.264 e. The van der Waals surface area contributed by atoms with E-state index in [4.69, 9.17) is 4.74 Å². The zero-order valence-electron chi connectivity index (χ0n) is 20.8. The third-order valence-electron chi connectivity index (χ3n) is 6.57. The Kier molecular flexibility index (Phi) is 8.05. The molecule has 0 spiro atoms. The molecule has 6 nitrogen and oxygen atoms in total. The van der Waals surface area contributed by atoms with Crippen molar-refractivity contribution >= 4 is 37.5 Å². The Hall–Kier alpha value is -2.84. The molecule has 1 N–H and O–H groups in total. The first-order valence-corrected chi connectivity index (χ1v) is 14.3.